The van der Waals surface area contributed by atoms with E-state index in [1.54, 1.807) is 0 Å². The first-order valence-corrected chi connectivity index (χ1v) is 4.66. The molecule has 0 heterocycles. The van der Waals surface area contributed by atoms with E-state index in [0.29, 0.717) is 0 Å². The van der Waals surface area contributed by atoms with E-state index in [-0.39, 0.29) is 0 Å². The largest absolute Gasteiger partial charge is 0.309 e. The van der Waals surface area contributed by atoms with Crippen molar-refractivity contribution in [2.24, 2.45) is 0 Å². The van der Waals surface area contributed by atoms with E-state index in [1.165, 1.54) is 17.5 Å². The highest BCUT2D eigenvalue weighted by molar-refractivity contribution is 8.03. The number of thioether (sulfide) groups is 1. The zero-order valence-electron chi connectivity index (χ0n) is 6.68. The molecule has 10 heavy (non-hydrogen) atoms. The predicted molar refractivity (Wildman–Crippen MR) is 49.9 cm³/mol. The molecule has 0 saturated carbocycles. The van der Waals surface area contributed by atoms with Gasteiger partial charge in [0.15, 0.2) is 0 Å². The number of nitrogens with one attached hydrogen (secondary N) is 1. The first-order valence-electron chi connectivity index (χ1n) is 3.67. The van der Waals surface area contributed by atoms with Gasteiger partial charge in [0.25, 0.3) is 0 Å². The smallest absolute Gasteiger partial charge is 0.0185 e. The number of hydrogen-bond donors (Lipinski definition) is 1. The Morgan fingerprint density at radius 3 is 2.60 bits per heavy atom. The van der Waals surface area contributed by atoms with Gasteiger partial charge >= 0.3 is 0 Å². The molecule has 0 aliphatic rings. The van der Waals surface area contributed by atoms with E-state index in [4.69, 9.17) is 5.41 Å². The molecule has 0 atom stereocenters. The normalized spacial score (nSPS) is 11.6. The van der Waals surface area contributed by atoms with E-state index in [0.717, 1.165) is 12.2 Å². The van der Waals surface area contributed by atoms with Crippen molar-refractivity contribution >= 4 is 18.0 Å². The van der Waals surface area contributed by atoms with Crippen molar-refractivity contribution in [2.75, 3.05) is 5.75 Å². The first kappa shape index (κ1) is 9.76. The Morgan fingerprint density at radius 2 is 2.20 bits per heavy atom. The van der Waals surface area contributed by atoms with Gasteiger partial charge in [-0.3, -0.25) is 0 Å². The van der Waals surface area contributed by atoms with E-state index in [1.807, 2.05) is 17.8 Å². The Hall–Kier alpha value is -0.240. The van der Waals surface area contributed by atoms with Crippen LogP contribution in [0.15, 0.2) is 11.0 Å². The lowest BCUT2D eigenvalue weighted by atomic mass is 10.3. The summed E-state index contributed by atoms with van der Waals surface area (Å²) in [7, 11) is 0. The van der Waals surface area contributed by atoms with Crippen LogP contribution in [-0.2, 0) is 0 Å². The Balaban J connectivity index is 3.71. The Kier molecular flexibility index (Phi) is 6.71. The number of hydrogen-bond acceptors (Lipinski definition) is 2. The summed E-state index contributed by atoms with van der Waals surface area (Å²) in [5.41, 5.74) is 0. The van der Waals surface area contributed by atoms with Crippen LogP contribution in [0.4, 0.5) is 0 Å². The van der Waals surface area contributed by atoms with Crippen LogP contribution in [0.25, 0.3) is 0 Å². The van der Waals surface area contributed by atoms with Crippen molar-refractivity contribution < 1.29 is 0 Å². The highest BCUT2D eigenvalue weighted by atomic mass is 32.2. The Labute approximate surface area is 67.4 Å². The van der Waals surface area contributed by atoms with Crippen LogP contribution >= 0.6 is 11.8 Å². The molecule has 0 aromatic heterocycles. The summed E-state index contributed by atoms with van der Waals surface area (Å²) < 4.78 is 0. The Morgan fingerprint density at radius 1 is 1.50 bits per heavy atom. The summed E-state index contributed by atoms with van der Waals surface area (Å²) in [5.74, 6) is 1.11. The average Bonchev–Trinajstić information content (AvgIpc) is 1.90. The molecule has 0 fully saturated rings. The molecular formula is C8H15NS. The van der Waals surface area contributed by atoms with Gasteiger partial charge in [-0.05, 0) is 23.2 Å². The van der Waals surface area contributed by atoms with Crippen molar-refractivity contribution in [2.45, 2.75) is 26.7 Å². The molecule has 0 unspecified atom stereocenters. The molecule has 58 valence electrons. The van der Waals surface area contributed by atoms with Crippen molar-refractivity contribution in [3.8, 4) is 0 Å². The molecule has 0 radical (unpaired) electrons. The molecule has 0 spiro atoms. The fourth-order valence-electron chi connectivity index (χ4n) is 0.728. The van der Waals surface area contributed by atoms with Gasteiger partial charge in [0.2, 0.25) is 0 Å². The van der Waals surface area contributed by atoms with E-state index in [2.05, 4.69) is 13.8 Å². The first-order chi connectivity index (χ1) is 4.85. The van der Waals surface area contributed by atoms with Gasteiger partial charge in [-0.2, -0.15) is 0 Å². The molecular weight excluding hydrogens is 142 g/mol. The minimum atomic E-state index is 1.11. The van der Waals surface area contributed by atoms with Gasteiger partial charge in [-0.15, -0.1) is 11.8 Å². The molecule has 0 amide bonds. The summed E-state index contributed by atoms with van der Waals surface area (Å²) in [6, 6.07) is 0. The zero-order valence-corrected chi connectivity index (χ0v) is 7.50. The lowest BCUT2D eigenvalue weighted by molar-refractivity contribution is 0.948. The minimum Gasteiger partial charge on any atom is -0.309 e. The quantitative estimate of drug-likeness (QED) is 0.609. The van der Waals surface area contributed by atoms with Crippen LogP contribution in [-0.4, -0.2) is 12.0 Å². The van der Waals surface area contributed by atoms with Gasteiger partial charge in [-0.25, -0.2) is 0 Å². The van der Waals surface area contributed by atoms with Crippen LogP contribution in [0.3, 0.4) is 0 Å². The summed E-state index contributed by atoms with van der Waals surface area (Å²) in [5, 5.41) is 6.88. The molecule has 0 rings (SSSR count). The topological polar surface area (TPSA) is 23.9 Å². The second-order valence-corrected chi connectivity index (χ2v) is 3.37. The van der Waals surface area contributed by atoms with Crippen LogP contribution < -0.4 is 0 Å². The van der Waals surface area contributed by atoms with Gasteiger partial charge in [0.1, 0.15) is 0 Å². The van der Waals surface area contributed by atoms with E-state index < -0.39 is 0 Å². The van der Waals surface area contributed by atoms with E-state index in [9.17, 15) is 0 Å². The fourth-order valence-corrected chi connectivity index (χ4v) is 1.61. The van der Waals surface area contributed by atoms with Crippen LogP contribution in [0.2, 0.25) is 0 Å². The SMILES string of the molecule is CCC/C(=C\C=N)SCC. The lowest BCUT2D eigenvalue weighted by Crippen LogP contribution is -1.78. The monoisotopic (exact) mass is 157 g/mol. The fraction of sp³-hybridized carbons (Fsp3) is 0.625. The molecule has 1 N–H and O–H groups in total. The molecule has 0 bridgehead atoms. The molecule has 0 aliphatic heterocycles. The van der Waals surface area contributed by atoms with Crippen molar-refractivity contribution in [1.29, 1.82) is 5.41 Å². The molecule has 0 aromatic carbocycles. The van der Waals surface area contributed by atoms with Crippen LogP contribution in [0.5, 0.6) is 0 Å². The number of allylic oxidation sites excluding steroid dienone is 2. The number of rotatable bonds is 5. The maximum atomic E-state index is 6.88. The van der Waals surface area contributed by atoms with Gasteiger partial charge in [0, 0.05) is 6.21 Å². The highest BCUT2D eigenvalue weighted by Gasteiger charge is 1.92. The highest BCUT2D eigenvalue weighted by Crippen LogP contribution is 2.19. The third-order valence-corrected chi connectivity index (χ3v) is 2.10. The van der Waals surface area contributed by atoms with Crippen molar-refractivity contribution in [1.82, 2.24) is 0 Å². The summed E-state index contributed by atoms with van der Waals surface area (Å²) in [4.78, 5) is 1.33. The van der Waals surface area contributed by atoms with Crippen molar-refractivity contribution in [3.63, 3.8) is 0 Å². The molecule has 0 aliphatic carbocycles. The van der Waals surface area contributed by atoms with Gasteiger partial charge in [0.05, 0.1) is 0 Å². The maximum absolute atomic E-state index is 6.88. The van der Waals surface area contributed by atoms with Crippen LogP contribution in [0, 0.1) is 5.41 Å². The maximum Gasteiger partial charge on any atom is 0.0185 e. The summed E-state index contributed by atoms with van der Waals surface area (Å²) in [6.07, 6.45) is 5.55. The van der Waals surface area contributed by atoms with Gasteiger partial charge < -0.3 is 5.41 Å². The zero-order chi connectivity index (χ0) is 7.82. The second-order valence-electron chi connectivity index (χ2n) is 1.98. The lowest BCUT2D eigenvalue weighted by Gasteiger charge is -2.00. The van der Waals surface area contributed by atoms with Gasteiger partial charge in [-0.1, -0.05) is 20.3 Å². The summed E-state index contributed by atoms with van der Waals surface area (Å²) >= 11 is 1.84. The van der Waals surface area contributed by atoms with Crippen LogP contribution in [0.1, 0.15) is 26.7 Å². The molecule has 0 aromatic rings. The van der Waals surface area contributed by atoms with Crippen molar-refractivity contribution in [3.05, 3.63) is 11.0 Å². The third-order valence-electron chi connectivity index (χ3n) is 1.10. The standard InChI is InChI=1S/C8H15NS/c1-3-5-8(6-7-9)10-4-2/h6-7,9H,3-5H2,1-2H3/b8-6+,9-7?. The second kappa shape index (κ2) is 6.87. The molecule has 2 heteroatoms. The molecule has 0 saturated heterocycles. The molecule has 1 nitrogen and oxygen atoms in total. The predicted octanol–water partition coefficient (Wildman–Crippen LogP) is 3.07. The third kappa shape index (κ3) is 4.62. The average molecular weight is 157 g/mol. The Bertz CT molecular complexity index is 110. The summed E-state index contributed by atoms with van der Waals surface area (Å²) in [6.45, 7) is 4.30. The minimum absolute atomic E-state index is 1.11. The van der Waals surface area contributed by atoms with E-state index >= 15 is 0 Å².